The van der Waals surface area contributed by atoms with Crippen LogP contribution in [0.5, 0.6) is 0 Å². The summed E-state index contributed by atoms with van der Waals surface area (Å²) in [7, 11) is 0. The summed E-state index contributed by atoms with van der Waals surface area (Å²) in [4.78, 5) is 63.0. The Labute approximate surface area is 187 Å². The molecule has 3 heterocycles. The minimum atomic E-state index is -0.988. The molecule has 0 radical (unpaired) electrons. The van der Waals surface area contributed by atoms with Gasteiger partial charge in [-0.2, -0.15) is 5.26 Å². The van der Waals surface area contributed by atoms with Crippen LogP contribution in [0.1, 0.15) is 60.1 Å². The Bertz CT molecular complexity index is 1200. The second-order valence-electron chi connectivity index (χ2n) is 7.46. The number of imide groups is 2. The molecule has 2 aliphatic rings. The Kier molecular flexibility index (Phi) is 5.83. The molecule has 1 aromatic heterocycles. The van der Waals surface area contributed by atoms with Gasteiger partial charge >= 0.3 is 0 Å². The molecular weight excluding hydrogens is 432 g/mol. The summed E-state index contributed by atoms with van der Waals surface area (Å²) in [6.07, 6.45) is 1.37. The first-order valence-corrected chi connectivity index (χ1v) is 10.8. The zero-order chi connectivity index (χ0) is 22.8. The topological polar surface area (TPSA) is 136 Å². The summed E-state index contributed by atoms with van der Waals surface area (Å²) in [6.45, 7) is 0.408. The molecule has 32 heavy (non-hydrogen) atoms. The number of piperidine rings is 1. The molecule has 2 aromatic rings. The van der Waals surface area contributed by atoms with Crippen LogP contribution >= 0.6 is 11.3 Å². The van der Waals surface area contributed by atoms with Gasteiger partial charge in [0.1, 0.15) is 17.0 Å². The number of amides is 5. The van der Waals surface area contributed by atoms with Crippen molar-refractivity contribution in [2.24, 2.45) is 0 Å². The second-order valence-corrected chi connectivity index (χ2v) is 8.55. The van der Waals surface area contributed by atoms with E-state index in [-0.39, 0.29) is 29.9 Å². The van der Waals surface area contributed by atoms with Crippen molar-refractivity contribution < 1.29 is 24.0 Å². The van der Waals surface area contributed by atoms with Crippen LogP contribution in [0.25, 0.3) is 0 Å². The third-order valence-corrected chi connectivity index (χ3v) is 6.36. The first kappa shape index (κ1) is 21.4. The fourth-order valence-electron chi connectivity index (χ4n) is 3.78. The number of nitrogens with zero attached hydrogens (tertiary/aromatic N) is 2. The highest BCUT2D eigenvalue weighted by Gasteiger charge is 2.44. The Morgan fingerprint density at radius 1 is 1.16 bits per heavy atom. The van der Waals surface area contributed by atoms with Crippen molar-refractivity contribution in [2.45, 2.75) is 31.7 Å². The molecule has 0 spiro atoms. The summed E-state index contributed by atoms with van der Waals surface area (Å²) >= 11 is 1.13. The molecule has 1 atom stereocenters. The zero-order valence-corrected chi connectivity index (χ0v) is 17.7. The summed E-state index contributed by atoms with van der Waals surface area (Å²) in [5.74, 6) is -2.38. The number of hydrogen-bond acceptors (Lipinski definition) is 7. The molecule has 10 heteroatoms. The van der Waals surface area contributed by atoms with Crippen LogP contribution in [0.15, 0.2) is 30.3 Å². The van der Waals surface area contributed by atoms with E-state index >= 15 is 0 Å². The van der Waals surface area contributed by atoms with Crippen LogP contribution in [0.3, 0.4) is 0 Å². The summed E-state index contributed by atoms with van der Waals surface area (Å²) in [5, 5.41) is 13.8. The maximum Gasteiger partial charge on any atom is 0.262 e. The van der Waals surface area contributed by atoms with E-state index in [2.05, 4.69) is 10.6 Å². The maximum atomic E-state index is 12.9. The first-order valence-electron chi connectivity index (χ1n) is 10.0. The van der Waals surface area contributed by atoms with E-state index in [0.717, 1.165) is 21.8 Å². The highest BCUT2D eigenvalue weighted by molar-refractivity contribution is 7.14. The van der Waals surface area contributed by atoms with Crippen LogP contribution < -0.4 is 10.6 Å². The number of carbonyl (C=O) groups excluding carboxylic acids is 5. The number of aryl methyl sites for hydroxylation is 1. The smallest absolute Gasteiger partial charge is 0.262 e. The predicted octanol–water partition coefficient (Wildman–Crippen LogP) is 1.38. The first-order chi connectivity index (χ1) is 15.4. The largest absolute Gasteiger partial charge is 0.351 e. The Hall–Kier alpha value is -3.84. The average Bonchev–Trinajstić information content (AvgIpc) is 3.35. The zero-order valence-electron chi connectivity index (χ0n) is 16.8. The number of thiophene rings is 1. The monoisotopic (exact) mass is 450 g/mol. The lowest BCUT2D eigenvalue weighted by Crippen LogP contribution is -2.54. The lowest BCUT2D eigenvalue weighted by molar-refractivity contribution is -0.136. The molecule has 2 N–H and O–H groups in total. The van der Waals surface area contributed by atoms with Crippen molar-refractivity contribution in [1.82, 2.24) is 15.5 Å². The van der Waals surface area contributed by atoms with Crippen LogP contribution in [0.4, 0.5) is 0 Å². The second kappa shape index (κ2) is 8.72. The normalized spacial score (nSPS) is 17.7. The van der Waals surface area contributed by atoms with Gasteiger partial charge in [0.2, 0.25) is 11.8 Å². The number of carbonyl (C=O) groups is 5. The Morgan fingerprint density at radius 3 is 2.66 bits per heavy atom. The highest BCUT2D eigenvalue weighted by atomic mass is 32.1. The van der Waals surface area contributed by atoms with Gasteiger partial charge in [-0.25, -0.2) is 0 Å². The van der Waals surface area contributed by atoms with E-state index in [1.165, 1.54) is 0 Å². The summed E-state index contributed by atoms with van der Waals surface area (Å²) in [5.41, 5.74) is 1.30. The quantitative estimate of drug-likeness (QED) is 0.504. The molecular formula is C22H18N4O5S. The number of benzene rings is 1. The van der Waals surface area contributed by atoms with E-state index in [1.807, 2.05) is 6.07 Å². The molecule has 1 aromatic carbocycles. The predicted molar refractivity (Wildman–Crippen MR) is 113 cm³/mol. The molecule has 9 nitrogen and oxygen atoms in total. The molecule has 0 saturated carbocycles. The van der Waals surface area contributed by atoms with Gasteiger partial charge in [-0.05, 0) is 49.1 Å². The summed E-state index contributed by atoms with van der Waals surface area (Å²) < 4.78 is 0. The molecule has 2 aliphatic heterocycles. The van der Waals surface area contributed by atoms with Crippen molar-refractivity contribution in [3.05, 3.63) is 56.8 Å². The van der Waals surface area contributed by atoms with Crippen LogP contribution in [-0.2, 0) is 16.0 Å². The number of rotatable bonds is 6. The Morgan fingerprint density at radius 2 is 1.94 bits per heavy atom. The molecule has 1 unspecified atom stereocenters. The van der Waals surface area contributed by atoms with Crippen molar-refractivity contribution in [2.75, 3.05) is 6.54 Å². The van der Waals surface area contributed by atoms with Gasteiger partial charge in [0, 0.05) is 13.0 Å². The van der Waals surface area contributed by atoms with E-state index in [1.54, 1.807) is 30.3 Å². The van der Waals surface area contributed by atoms with Crippen molar-refractivity contribution in [3.8, 4) is 6.07 Å². The molecule has 162 valence electrons. The molecule has 1 saturated heterocycles. The van der Waals surface area contributed by atoms with E-state index < -0.39 is 29.7 Å². The third-order valence-electron chi connectivity index (χ3n) is 5.37. The minimum Gasteiger partial charge on any atom is -0.351 e. The van der Waals surface area contributed by atoms with Gasteiger partial charge in [0.25, 0.3) is 17.7 Å². The highest BCUT2D eigenvalue weighted by Crippen LogP contribution is 2.28. The summed E-state index contributed by atoms with van der Waals surface area (Å²) in [6, 6.07) is 9.17. The van der Waals surface area contributed by atoms with Crippen molar-refractivity contribution >= 4 is 40.9 Å². The average molecular weight is 450 g/mol. The fraction of sp³-hybridized carbons (Fsp3) is 0.273. The van der Waals surface area contributed by atoms with Gasteiger partial charge in [-0.1, -0.05) is 6.07 Å². The number of hydrogen-bond donors (Lipinski definition) is 2. The van der Waals surface area contributed by atoms with Crippen LogP contribution in [-0.4, -0.2) is 47.0 Å². The SMILES string of the molecule is N#Cc1ccc(C(=O)NCCCc2ccc3c(c2)C(=O)N(C2CCC(=O)NC2=O)C3=O)s1. The molecule has 0 bridgehead atoms. The standard InChI is InChI=1S/C22H18N4O5S/c23-11-13-4-7-17(32-13)20(29)24-9-1-2-12-3-5-14-15(10-12)22(31)26(21(14)30)16-6-8-18(27)25-19(16)28/h3-5,7,10,16H,1-2,6,8-9H2,(H,24,29)(H,25,27,28). The van der Waals surface area contributed by atoms with Crippen LogP contribution in [0, 0.1) is 11.3 Å². The van der Waals surface area contributed by atoms with Gasteiger partial charge in [-0.3, -0.25) is 34.2 Å². The lowest BCUT2D eigenvalue weighted by atomic mass is 10.0. The van der Waals surface area contributed by atoms with Crippen LogP contribution in [0.2, 0.25) is 0 Å². The number of fused-ring (bicyclic) bond motifs is 1. The fourth-order valence-corrected chi connectivity index (χ4v) is 4.49. The molecule has 0 aliphatic carbocycles. The minimum absolute atomic E-state index is 0.0735. The molecule has 5 amide bonds. The van der Waals surface area contributed by atoms with Gasteiger partial charge in [0.15, 0.2) is 0 Å². The Balaban J connectivity index is 1.36. The maximum absolute atomic E-state index is 12.9. The number of nitriles is 1. The van der Waals surface area contributed by atoms with E-state index in [9.17, 15) is 24.0 Å². The van der Waals surface area contributed by atoms with Crippen molar-refractivity contribution in [3.63, 3.8) is 0 Å². The van der Waals surface area contributed by atoms with Gasteiger partial charge < -0.3 is 5.32 Å². The molecule has 4 rings (SSSR count). The van der Waals surface area contributed by atoms with Crippen molar-refractivity contribution in [1.29, 1.82) is 5.26 Å². The molecule has 1 fully saturated rings. The van der Waals surface area contributed by atoms with Gasteiger partial charge in [0.05, 0.1) is 16.0 Å². The van der Waals surface area contributed by atoms with E-state index in [0.29, 0.717) is 29.1 Å². The third kappa shape index (κ3) is 4.02. The van der Waals surface area contributed by atoms with Gasteiger partial charge in [-0.15, -0.1) is 11.3 Å². The lowest BCUT2D eigenvalue weighted by Gasteiger charge is -2.27. The van der Waals surface area contributed by atoms with E-state index in [4.69, 9.17) is 5.26 Å². The number of nitrogens with one attached hydrogen (secondary N) is 2.